The van der Waals surface area contributed by atoms with Gasteiger partial charge in [-0.3, -0.25) is 0 Å². The molecular formula is C16H24N2S. The minimum absolute atomic E-state index is 0.807. The lowest BCUT2D eigenvalue weighted by Crippen LogP contribution is -2.39. The zero-order chi connectivity index (χ0) is 13.3. The van der Waals surface area contributed by atoms with Gasteiger partial charge in [-0.15, -0.1) is 0 Å². The Labute approximate surface area is 122 Å². The minimum Gasteiger partial charge on any atom is -0.362 e. The van der Waals surface area contributed by atoms with E-state index in [4.69, 9.17) is 12.2 Å². The van der Waals surface area contributed by atoms with Crippen LogP contribution in [0.1, 0.15) is 37.7 Å². The minimum atomic E-state index is 0.807. The Morgan fingerprint density at radius 3 is 2.53 bits per heavy atom. The molecule has 1 aliphatic rings. The molecule has 3 heteroatoms. The fourth-order valence-electron chi connectivity index (χ4n) is 2.66. The largest absolute Gasteiger partial charge is 0.362 e. The zero-order valence-electron chi connectivity index (χ0n) is 11.5. The van der Waals surface area contributed by atoms with Crippen LogP contribution in [0.5, 0.6) is 0 Å². The number of hydrogen-bond acceptors (Lipinski definition) is 1. The van der Waals surface area contributed by atoms with Crippen molar-refractivity contribution in [2.24, 2.45) is 5.92 Å². The van der Waals surface area contributed by atoms with E-state index >= 15 is 0 Å². The Kier molecular flexibility index (Phi) is 6.15. The molecule has 2 rings (SSSR count). The van der Waals surface area contributed by atoms with Gasteiger partial charge >= 0.3 is 0 Å². The maximum atomic E-state index is 5.32. The first-order chi connectivity index (χ1) is 9.34. The first-order valence-electron chi connectivity index (χ1n) is 7.40. The van der Waals surface area contributed by atoms with E-state index in [1.807, 2.05) is 6.07 Å². The molecule has 0 aliphatic heterocycles. The van der Waals surface area contributed by atoms with Crippen LogP contribution in [0.3, 0.4) is 0 Å². The van der Waals surface area contributed by atoms with Crippen molar-refractivity contribution in [2.45, 2.75) is 38.5 Å². The molecule has 0 spiro atoms. The van der Waals surface area contributed by atoms with E-state index < -0.39 is 0 Å². The van der Waals surface area contributed by atoms with Gasteiger partial charge in [-0.25, -0.2) is 0 Å². The molecule has 0 amide bonds. The van der Waals surface area contributed by atoms with E-state index in [0.29, 0.717) is 0 Å². The summed E-state index contributed by atoms with van der Waals surface area (Å²) < 4.78 is 0. The Morgan fingerprint density at radius 2 is 1.79 bits per heavy atom. The van der Waals surface area contributed by atoms with Crippen LogP contribution in [0.25, 0.3) is 0 Å². The average molecular weight is 276 g/mol. The van der Waals surface area contributed by atoms with Gasteiger partial charge in [0.1, 0.15) is 0 Å². The maximum absolute atomic E-state index is 5.32. The third-order valence-corrected chi connectivity index (χ3v) is 4.11. The van der Waals surface area contributed by atoms with Crippen LogP contribution in [-0.4, -0.2) is 18.2 Å². The number of thiocarbonyl (C=S) groups is 1. The van der Waals surface area contributed by atoms with Gasteiger partial charge in [0.25, 0.3) is 0 Å². The van der Waals surface area contributed by atoms with E-state index in [0.717, 1.165) is 30.5 Å². The van der Waals surface area contributed by atoms with Crippen molar-refractivity contribution in [3.8, 4) is 0 Å². The molecule has 1 aliphatic carbocycles. The predicted molar refractivity (Wildman–Crippen MR) is 85.3 cm³/mol. The Balaban J connectivity index is 1.57. The van der Waals surface area contributed by atoms with Crippen molar-refractivity contribution >= 4 is 17.3 Å². The van der Waals surface area contributed by atoms with Gasteiger partial charge < -0.3 is 10.6 Å². The quantitative estimate of drug-likeness (QED) is 0.807. The van der Waals surface area contributed by atoms with Crippen molar-refractivity contribution in [2.75, 3.05) is 13.1 Å². The van der Waals surface area contributed by atoms with E-state index in [2.05, 4.69) is 34.9 Å². The first-order valence-corrected chi connectivity index (χ1v) is 7.81. The van der Waals surface area contributed by atoms with E-state index in [1.165, 1.54) is 37.7 Å². The van der Waals surface area contributed by atoms with Crippen molar-refractivity contribution < 1.29 is 0 Å². The highest BCUT2D eigenvalue weighted by Crippen LogP contribution is 2.22. The van der Waals surface area contributed by atoms with E-state index in [-0.39, 0.29) is 0 Å². The summed E-state index contributed by atoms with van der Waals surface area (Å²) in [4.78, 5) is 0. The molecule has 0 aromatic heterocycles. The summed E-state index contributed by atoms with van der Waals surface area (Å²) in [6.07, 6.45) is 7.93. The Bertz CT molecular complexity index is 372. The van der Waals surface area contributed by atoms with Crippen molar-refractivity contribution in [1.29, 1.82) is 0 Å². The monoisotopic (exact) mass is 276 g/mol. The van der Waals surface area contributed by atoms with Gasteiger partial charge in [0.05, 0.1) is 0 Å². The highest BCUT2D eigenvalue weighted by atomic mass is 32.1. The summed E-state index contributed by atoms with van der Waals surface area (Å²) in [5.74, 6) is 0.822. The van der Waals surface area contributed by atoms with Gasteiger partial charge in [-0.1, -0.05) is 49.6 Å². The second-order valence-corrected chi connectivity index (χ2v) is 5.78. The molecule has 0 atom stereocenters. The summed E-state index contributed by atoms with van der Waals surface area (Å²) in [5.41, 5.74) is 1.35. The molecule has 0 bridgehead atoms. The fourth-order valence-corrected chi connectivity index (χ4v) is 2.84. The standard InChI is InChI=1S/C16H24N2S/c19-16(18-13-15-9-5-2-6-10-15)17-12-11-14-7-3-1-4-8-14/h1,3-4,7-8,15H,2,5-6,9-13H2,(H2,17,18,19). The van der Waals surface area contributed by atoms with Crippen LogP contribution in [0.15, 0.2) is 30.3 Å². The molecule has 1 aromatic carbocycles. The van der Waals surface area contributed by atoms with Gasteiger partial charge in [-0.2, -0.15) is 0 Å². The summed E-state index contributed by atoms with van der Waals surface area (Å²) in [6, 6.07) is 10.5. The number of nitrogens with one attached hydrogen (secondary N) is 2. The maximum Gasteiger partial charge on any atom is 0.166 e. The summed E-state index contributed by atoms with van der Waals surface area (Å²) in [6.45, 7) is 1.94. The molecule has 19 heavy (non-hydrogen) atoms. The molecule has 2 N–H and O–H groups in total. The highest BCUT2D eigenvalue weighted by molar-refractivity contribution is 7.80. The topological polar surface area (TPSA) is 24.1 Å². The van der Waals surface area contributed by atoms with Gasteiger partial charge in [-0.05, 0) is 43.0 Å². The summed E-state index contributed by atoms with van der Waals surface area (Å²) in [7, 11) is 0. The lowest BCUT2D eigenvalue weighted by atomic mass is 9.89. The zero-order valence-corrected chi connectivity index (χ0v) is 12.3. The summed E-state index contributed by atoms with van der Waals surface area (Å²) >= 11 is 5.32. The van der Waals surface area contributed by atoms with Crippen LogP contribution in [0.4, 0.5) is 0 Å². The molecule has 1 saturated carbocycles. The molecule has 2 nitrogen and oxygen atoms in total. The second kappa shape index (κ2) is 8.16. The van der Waals surface area contributed by atoms with E-state index in [1.54, 1.807) is 0 Å². The van der Waals surface area contributed by atoms with Gasteiger partial charge in [0.15, 0.2) is 5.11 Å². The molecule has 0 unspecified atom stereocenters. The third-order valence-electron chi connectivity index (χ3n) is 3.82. The third kappa shape index (κ3) is 5.60. The lowest BCUT2D eigenvalue weighted by molar-refractivity contribution is 0.356. The van der Waals surface area contributed by atoms with Gasteiger partial charge in [0.2, 0.25) is 0 Å². The SMILES string of the molecule is S=C(NCCc1ccccc1)NCC1CCCCC1. The van der Waals surface area contributed by atoms with Crippen LogP contribution >= 0.6 is 12.2 Å². The second-order valence-electron chi connectivity index (χ2n) is 5.38. The first kappa shape index (κ1) is 14.3. The molecule has 0 saturated heterocycles. The normalized spacial score (nSPS) is 16.0. The van der Waals surface area contributed by atoms with Crippen LogP contribution < -0.4 is 10.6 Å². The molecular weight excluding hydrogens is 252 g/mol. The highest BCUT2D eigenvalue weighted by Gasteiger charge is 2.13. The van der Waals surface area contributed by atoms with Gasteiger partial charge in [0, 0.05) is 13.1 Å². The van der Waals surface area contributed by atoms with Crippen molar-refractivity contribution in [3.63, 3.8) is 0 Å². The van der Waals surface area contributed by atoms with Crippen LogP contribution in [0, 0.1) is 5.92 Å². The predicted octanol–water partition coefficient (Wildman–Crippen LogP) is 3.27. The smallest absolute Gasteiger partial charge is 0.166 e. The van der Waals surface area contributed by atoms with E-state index in [9.17, 15) is 0 Å². The average Bonchev–Trinajstić information content (AvgIpc) is 2.47. The van der Waals surface area contributed by atoms with Crippen LogP contribution in [-0.2, 0) is 6.42 Å². The molecule has 0 radical (unpaired) electrons. The summed E-state index contributed by atoms with van der Waals surface area (Å²) in [5, 5.41) is 7.46. The Morgan fingerprint density at radius 1 is 1.05 bits per heavy atom. The van der Waals surface area contributed by atoms with Crippen LogP contribution in [0.2, 0.25) is 0 Å². The molecule has 0 heterocycles. The lowest BCUT2D eigenvalue weighted by Gasteiger charge is -2.22. The molecule has 104 valence electrons. The number of hydrogen-bond donors (Lipinski definition) is 2. The fraction of sp³-hybridized carbons (Fsp3) is 0.562. The van der Waals surface area contributed by atoms with Crippen molar-refractivity contribution in [3.05, 3.63) is 35.9 Å². The molecule has 1 aromatic rings. The number of rotatable bonds is 5. The Hall–Kier alpha value is -1.09. The van der Waals surface area contributed by atoms with Crippen molar-refractivity contribution in [1.82, 2.24) is 10.6 Å². The number of benzene rings is 1. The molecule has 1 fully saturated rings.